The normalized spacial score (nSPS) is 11.6. The molecule has 29 heavy (non-hydrogen) atoms. The molecule has 9 heteroatoms. The minimum atomic E-state index is -3.99. The minimum Gasteiger partial charge on any atom is -0.462 e. The first-order valence-corrected chi connectivity index (χ1v) is 11.1. The van der Waals surface area contributed by atoms with Gasteiger partial charge in [-0.25, -0.2) is 13.2 Å². The van der Waals surface area contributed by atoms with E-state index in [0.717, 1.165) is 12.8 Å². The number of nitrogens with one attached hydrogen (secondary N) is 1. The predicted octanol–water partition coefficient (Wildman–Crippen LogP) is 5.81. The fraction of sp³-hybridized carbons (Fsp3) is 0.250. The van der Waals surface area contributed by atoms with Crippen molar-refractivity contribution in [3.05, 3.63) is 57.8 Å². The van der Waals surface area contributed by atoms with Crippen LogP contribution in [0.3, 0.4) is 0 Å². The van der Waals surface area contributed by atoms with Gasteiger partial charge in [0.1, 0.15) is 21.8 Å². The molecule has 0 radical (unpaired) electrons. The molecule has 3 aromatic rings. The number of carbonyl (C=O) groups excluding carboxylic acids is 1. The van der Waals surface area contributed by atoms with Crippen LogP contribution in [0.5, 0.6) is 0 Å². The molecule has 0 unspecified atom stereocenters. The van der Waals surface area contributed by atoms with E-state index in [2.05, 4.69) is 4.72 Å². The summed E-state index contributed by atoms with van der Waals surface area (Å²) in [5.74, 6) is -0.105. The van der Waals surface area contributed by atoms with E-state index < -0.39 is 16.0 Å². The van der Waals surface area contributed by atoms with Crippen LogP contribution in [-0.4, -0.2) is 21.0 Å². The number of unbranched alkanes of at least 4 members (excludes halogenated alkanes) is 1. The van der Waals surface area contributed by atoms with Crippen LogP contribution in [-0.2, 0) is 14.8 Å². The van der Waals surface area contributed by atoms with Gasteiger partial charge in [0.25, 0.3) is 10.0 Å². The van der Waals surface area contributed by atoms with Crippen molar-refractivity contribution in [2.75, 3.05) is 11.3 Å². The maximum Gasteiger partial charge on any atom is 0.342 e. The van der Waals surface area contributed by atoms with E-state index >= 15 is 0 Å². The lowest BCUT2D eigenvalue weighted by molar-refractivity contribution is 0.0500. The smallest absolute Gasteiger partial charge is 0.342 e. The lowest BCUT2D eigenvalue weighted by Crippen LogP contribution is -2.13. The lowest BCUT2D eigenvalue weighted by atomic mass is 10.1. The highest BCUT2D eigenvalue weighted by Crippen LogP contribution is 2.31. The van der Waals surface area contributed by atoms with Gasteiger partial charge in [0.2, 0.25) is 0 Å². The average Bonchev–Trinajstić information content (AvgIpc) is 2.98. The monoisotopic (exact) mass is 455 g/mol. The molecule has 3 rings (SSSR count). The Kier molecular flexibility index (Phi) is 6.41. The van der Waals surface area contributed by atoms with Gasteiger partial charge in [-0.05, 0) is 49.7 Å². The van der Waals surface area contributed by atoms with Gasteiger partial charge in [0.05, 0.1) is 11.6 Å². The molecular formula is C20H19Cl2NO5S. The highest BCUT2D eigenvalue weighted by Gasteiger charge is 2.22. The molecule has 0 atom stereocenters. The summed E-state index contributed by atoms with van der Waals surface area (Å²) >= 11 is 11.9. The topological polar surface area (TPSA) is 85.6 Å². The van der Waals surface area contributed by atoms with Gasteiger partial charge >= 0.3 is 5.97 Å². The van der Waals surface area contributed by atoms with Gasteiger partial charge < -0.3 is 9.15 Å². The van der Waals surface area contributed by atoms with E-state index in [0.29, 0.717) is 23.3 Å². The molecule has 154 valence electrons. The van der Waals surface area contributed by atoms with Crippen molar-refractivity contribution in [3.8, 4) is 0 Å². The second-order valence-corrected chi connectivity index (χ2v) is 8.91. The van der Waals surface area contributed by atoms with Gasteiger partial charge in [-0.15, -0.1) is 0 Å². The van der Waals surface area contributed by atoms with Crippen molar-refractivity contribution in [2.24, 2.45) is 0 Å². The number of fused-ring (bicyclic) bond motifs is 1. The summed E-state index contributed by atoms with van der Waals surface area (Å²) in [4.78, 5) is 12.3. The van der Waals surface area contributed by atoms with Crippen molar-refractivity contribution in [1.82, 2.24) is 0 Å². The van der Waals surface area contributed by atoms with Gasteiger partial charge in [-0.3, -0.25) is 4.72 Å². The zero-order valence-electron chi connectivity index (χ0n) is 15.8. The number of hydrogen-bond acceptors (Lipinski definition) is 5. The number of carbonyl (C=O) groups is 1. The van der Waals surface area contributed by atoms with Crippen LogP contribution in [0.1, 0.15) is 35.9 Å². The number of hydrogen-bond donors (Lipinski definition) is 1. The SMILES string of the molecule is CCCCOC(=O)c1c(C)oc2ccc(NS(=O)(=O)c3cc(Cl)ccc3Cl)cc12. The van der Waals surface area contributed by atoms with E-state index in [4.69, 9.17) is 32.4 Å². The van der Waals surface area contributed by atoms with E-state index in [1.807, 2.05) is 6.92 Å². The molecule has 1 aromatic heterocycles. The number of sulfonamides is 1. The molecule has 0 saturated heterocycles. The molecular weight excluding hydrogens is 437 g/mol. The zero-order valence-corrected chi connectivity index (χ0v) is 18.1. The molecule has 1 N–H and O–H groups in total. The first kappa shape index (κ1) is 21.5. The first-order valence-electron chi connectivity index (χ1n) is 8.91. The van der Waals surface area contributed by atoms with E-state index in [9.17, 15) is 13.2 Å². The van der Waals surface area contributed by atoms with Crippen molar-refractivity contribution >= 4 is 55.9 Å². The summed E-state index contributed by atoms with van der Waals surface area (Å²) in [6.45, 7) is 3.96. The fourth-order valence-corrected chi connectivity index (χ4v) is 4.62. The Morgan fingerprint density at radius 2 is 1.93 bits per heavy atom. The first-order chi connectivity index (χ1) is 13.7. The number of aryl methyl sites for hydroxylation is 1. The van der Waals surface area contributed by atoms with Crippen molar-refractivity contribution < 1.29 is 22.4 Å². The highest BCUT2D eigenvalue weighted by atomic mass is 35.5. The zero-order chi connectivity index (χ0) is 21.2. The number of halogens is 2. The number of anilines is 1. The summed E-state index contributed by atoms with van der Waals surface area (Å²) in [5, 5.41) is 0.747. The molecule has 0 aliphatic heterocycles. The van der Waals surface area contributed by atoms with E-state index in [-0.39, 0.29) is 26.2 Å². The standard InChI is InChI=1S/C20H19Cl2NO5S/c1-3-4-9-27-20(24)19-12(2)28-17-8-6-14(11-15(17)19)23-29(25,26)18-10-13(21)5-7-16(18)22/h5-8,10-11,23H,3-4,9H2,1-2H3. The molecule has 6 nitrogen and oxygen atoms in total. The largest absolute Gasteiger partial charge is 0.462 e. The maximum atomic E-state index is 12.7. The molecule has 0 spiro atoms. The van der Waals surface area contributed by atoms with Crippen LogP contribution < -0.4 is 4.72 Å². The van der Waals surface area contributed by atoms with Crippen molar-refractivity contribution in [3.63, 3.8) is 0 Å². The second-order valence-electron chi connectivity index (χ2n) is 6.41. The van der Waals surface area contributed by atoms with Gasteiger partial charge in [-0.2, -0.15) is 0 Å². The van der Waals surface area contributed by atoms with Crippen LogP contribution in [0.15, 0.2) is 45.7 Å². The van der Waals surface area contributed by atoms with Crippen molar-refractivity contribution in [1.29, 1.82) is 0 Å². The van der Waals surface area contributed by atoms with Gasteiger partial charge in [0.15, 0.2) is 0 Å². The Morgan fingerprint density at radius 3 is 2.66 bits per heavy atom. The second kappa shape index (κ2) is 8.65. The molecule has 0 aliphatic rings. The third-order valence-electron chi connectivity index (χ3n) is 4.23. The predicted molar refractivity (Wildman–Crippen MR) is 113 cm³/mol. The summed E-state index contributed by atoms with van der Waals surface area (Å²) in [6.07, 6.45) is 1.66. The van der Waals surface area contributed by atoms with Crippen LogP contribution >= 0.6 is 23.2 Å². The van der Waals surface area contributed by atoms with Crippen LogP contribution in [0.25, 0.3) is 11.0 Å². The lowest BCUT2D eigenvalue weighted by Gasteiger charge is -2.10. The summed E-state index contributed by atoms with van der Waals surface area (Å²) in [7, 11) is -3.99. The Labute approximate surface area is 178 Å². The third-order valence-corrected chi connectivity index (χ3v) is 6.33. The molecule has 0 aliphatic carbocycles. The molecule has 0 saturated carbocycles. The van der Waals surface area contributed by atoms with E-state index in [1.54, 1.807) is 13.0 Å². The number of benzene rings is 2. The summed E-state index contributed by atoms with van der Waals surface area (Å²) in [6, 6.07) is 8.82. The van der Waals surface area contributed by atoms with Gasteiger partial charge in [0, 0.05) is 16.1 Å². The summed E-state index contributed by atoms with van der Waals surface area (Å²) < 4.78 is 38.8. The Hall–Kier alpha value is -2.22. The molecule has 0 amide bonds. The Morgan fingerprint density at radius 1 is 1.17 bits per heavy atom. The number of esters is 1. The van der Waals surface area contributed by atoms with Crippen molar-refractivity contribution in [2.45, 2.75) is 31.6 Å². The summed E-state index contributed by atoms with van der Waals surface area (Å²) in [5.41, 5.74) is 0.976. The molecule has 0 fully saturated rings. The fourth-order valence-electron chi connectivity index (χ4n) is 2.81. The van der Waals surface area contributed by atoms with E-state index in [1.165, 1.54) is 30.3 Å². The van der Waals surface area contributed by atoms with Gasteiger partial charge in [-0.1, -0.05) is 36.5 Å². The molecule has 0 bridgehead atoms. The average molecular weight is 456 g/mol. The Bertz CT molecular complexity index is 1170. The number of furan rings is 1. The maximum absolute atomic E-state index is 12.7. The molecule has 2 aromatic carbocycles. The third kappa shape index (κ3) is 4.69. The van der Waals surface area contributed by atoms with Crippen LogP contribution in [0.4, 0.5) is 5.69 Å². The highest BCUT2D eigenvalue weighted by molar-refractivity contribution is 7.92. The number of ether oxygens (including phenoxy) is 1. The minimum absolute atomic E-state index is 0.0438. The number of rotatable bonds is 7. The Balaban J connectivity index is 1.96. The van der Waals surface area contributed by atoms with Crippen LogP contribution in [0.2, 0.25) is 10.0 Å². The molecule has 1 heterocycles. The quantitative estimate of drug-likeness (QED) is 0.359. The van der Waals surface area contributed by atoms with Crippen LogP contribution in [0, 0.1) is 6.92 Å².